The molecule has 2 aromatic carbocycles. The molecule has 0 saturated heterocycles. The van der Waals surface area contributed by atoms with E-state index in [1.807, 2.05) is 6.92 Å². The molecule has 0 aliphatic rings. The minimum Gasteiger partial charge on any atom is -0.502 e. The van der Waals surface area contributed by atoms with Gasteiger partial charge in [-0.1, -0.05) is 0 Å². The van der Waals surface area contributed by atoms with Crippen LogP contribution in [0.4, 0.5) is 11.4 Å². The van der Waals surface area contributed by atoms with E-state index in [4.69, 9.17) is 4.74 Å². The lowest BCUT2D eigenvalue weighted by Gasteiger charge is -2.06. The summed E-state index contributed by atoms with van der Waals surface area (Å²) in [6, 6.07) is 10.3. The van der Waals surface area contributed by atoms with Crippen LogP contribution in [0.1, 0.15) is 18.9 Å². The van der Waals surface area contributed by atoms with Gasteiger partial charge in [-0.25, -0.2) is 5.43 Å². The predicted molar refractivity (Wildman–Crippen MR) is 101 cm³/mol. The average molecular weight is 386 g/mol. The van der Waals surface area contributed by atoms with Crippen molar-refractivity contribution < 1.29 is 24.4 Å². The molecule has 3 N–H and O–H groups in total. The molecule has 0 spiro atoms. The van der Waals surface area contributed by atoms with E-state index in [9.17, 15) is 24.8 Å². The zero-order valence-corrected chi connectivity index (χ0v) is 14.9. The summed E-state index contributed by atoms with van der Waals surface area (Å²) in [7, 11) is 0. The summed E-state index contributed by atoms with van der Waals surface area (Å²) in [6.45, 7) is 2.39. The monoisotopic (exact) mass is 386 g/mol. The molecule has 0 saturated carbocycles. The molecule has 28 heavy (non-hydrogen) atoms. The quantitative estimate of drug-likeness (QED) is 0.275. The number of carbonyl (C=O) groups is 2. The maximum absolute atomic E-state index is 11.9. The standard InChI is InChI=1S/C18H18N4O6/c1-2-28-14-6-4-13(5-7-14)20-17(24)10-18(25)21-19-11-12-3-8-16(23)15(9-12)22(26)27/h3-9,11,23H,2,10H2,1H3,(H,20,24)(H,21,25)/b19-11+. The molecule has 0 bridgehead atoms. The summed E-state index contributed by atoms with van der Waals surface area (Å²) in [6.07, 6.45) is 0.703. The topological polar surface area (TPSA) is 143 Å². The first-order valence-electron chi connectivity index (χ1n) is 8.21. The Morgan fingerprint density at radius 3 is 2.57 bits per heavy atom. The number of rotatable bonds is 8. The molecule has 0 heterocycles. The van der Waals surface area contributed by atoms with Crippen LogP contribution in [0.15, 0.2) is 47.6 Å². The molecule has 2 rings (SSSR count). The fourth-order valence-electron chi connectivity index (χ4n) is 2.14. The average Bonchev–Trinajstić information content (AvgIpc) is 2.64. The highest BCUT2D eigenvalue weighted by molar-refractivity contribution is 6.03. The number of nitrogens with one attached hydrogen (secondary N) is 2. The van der Waals surface area contributed by atoms with E-state index in [0.29, 0.717) is 23.6 Å². The lowest BCUT2D eigenvalue weighted by molar-refractivity contribution is -0.385. The van der Waals surface area contributed by atoms with Crippen LogP contribution in [-0.2, 0) is 9.59 Å². The minimum atomic E-state index is -0.740. The first-order valence-corrected chi connectivity index (χ1v) is 8.21. The van der Waals surface area contributed by atoms with Crippen LogP contribution < -0.4 is 15.5 Å². The summed E-state index contributed by atoms with van der Waals surface area (Å²) in [5.74, 6) is -0.996. The number of aromatic hydroxyl groups is 1. The van der Waals surface area contributed by atoms with E-state index in [0.717, 1.165) is 18.3 Å². The number of phenolic OH excluding ortho intramolecular Hbond substituents is 1. The maximum atomic E-state index is 11.9. The summed E-state index contributed by atoms with van der Waals surface area (Å²) in [4.78, 5) is 33.6. The van der Waals surface area contributed by atoms with Crippen LogP contribution in [0.25, 0.3) is 0 Å². The van der Waals surface area contributed by atoms with Gasteiger partial charge in [0.25, 0.3) is 0 Å². The van der Waals surface area contributed by atoms with Gasteiger partial charge < -0.3 is 15.2 Å². The second-order valence-corrected chi connectivity index (χ2v) is 5.48. The summed E-state index contributed by atoms with van der Waals surface area (Å²) < 4.78 is 5.29. The second-order valence-electron chi connectivity index (χ2n) is 5.48. The van der Waals surface area contributed by atoms with Crippen molar-refractivity contribution >= 4 is 29.4 Å². The number of benzene rings is 2. The molecule has 0 aliphatic heterocycles. The van der Waals surface area contributed by atoms with E-state index in [2.05, 4.69) is 15.8 Å². The minimum absolute atomic E-state index is 0.295. The van der Waals surface area contributed by atoms with Crippen LogP contribution in [0.2, 0.25) is 0 Å². The van der Waals surface area contributed by atoms with Crippen LogP contribution in [0.3, 0.4) is 0 Å². The molecule has 2 amide bonds. The highest BCUT2D eigenvalue weighted by Crippen LogP contribution is 2.25. The van der Waals surface area contributed by atoms with Gasteiger partial charge in [0.1, 0.15) is 12.2 Å². The van der Waals surface area contributed by atoms with Crippen molar-refractivity contribution in [3.8, 4) is 11.5 Å². The Bertz CT molecular complexity index is 895. The van der Waals surface area contributed by atoms with Gasteiger partial charge in [0.05, 0.1) is 17.7 Å². The van der Waals surface area contributed by atoms with Gasteiger partial charge in [-0.3, -0.25) is 19.7 Å². The highest BCUT2D eigenvalue weighted by atomic mass is 16.6. The third-order valence-corrected chi connectivity index (χ3v) is 3.37. The number of anilines is 1. The Morgan fingerprint density at radius 1 is 1.21 bits per heavy atom. The first-order chi connectivity index (χ1) is 13.4. The zero-order chi connectivity index (χ0) is 20.5. The smallest absolute Gasteiger partial charge is 0.311 e. The Hall–Kier alpha value is -3.95. The Balaban J connectivity index is 1.84. The van der Waals surface area contributed by atoms with Crippen LogP contribution in [0, 0.1) is 10.1 Å². The summed E-state index contributed by atoms with van der Waals surface area (Å²) >= 11 is 0. The first kappa shape index (κ1) is 20.4. The molecule has 10 nitrogen and oxygen atoms in total. The molecule has 146 valence electrons. The SMILES string of the molecule is CCOc1ccc(NC(=O)CC(=O)N/N=C/c2ccc(O)c([N+](=O)[O-])c2)cc1. The Morgan fingerprint density at radius 2 is 1.93 bits per heavy atom. The molecule has 2 aromatic rings. The molecule has 0 fully saturated rings. The zero-order valence-electron chi connectivity index (χ0n) is 14.9. The molecule has 0 radical (unpaired) electrons. The summed E-state index contributed by atoms with van der Waals surface area (Å²) in [5.41, 5.74) is 2.48. The van der Waals surface area contributed by atoms with Gasteiger partial charge in [0.2, 0.25) is 11.8 Å². The van der Waals surface area contributed by atoms with Crippen molar-refractivity contribution in [2.45, 2.75) is 13.3 Å². The number of hydrogen-bond acceptors (Lipinski definition) is 7. The lowest BCUT2D eigenvalue weighted by atomic mass is 10.2. The molecular formula is C18H18N4O6. The largest absolute Gasteiger partial charge is 0.502 e. The number of ether oxygens (including phenoxy) is 1. The van der Waals surface area contributed by atoms with Crippen molar-refractivity contribution in [3.63, 3.8) is 0 Å². The molecule has 0 aliphatic carbocycles. The van der Waals surface area contributed by atoms with Gasteiger partial charge in [-0.15, -0.1) is 0 Å². The normalized spacial score (nSPS) is 10.5. The number of hydrogen-bond donors (Lipinski definition) is 3. The molecular weight excluding hydrogens is 368 g/mol. The predicted octanol–water partition coefficient (Wildman–Crippen LogP) is 2.18. The fraction of sp³-hybridized carbons (Fsp3) is 0.167. The number of amides is 2. The lowest BCUT2D eigenvalue weighted by Crippen LogP contribution is -2.24. The van der Waals surface area contributed by atoms with Crippen molar-refractivity contribution in [2.75, 3.05) is 11.9 Å². The number of nitro benzene ring substituents is 1. The van der Waals surface area contributed by atoms with Gasteiger partial charge in [-0.05, 0) is 43.3 Å². The second kappa shape index (κ2) is 9.67. The van der Waals surface area contributed by atoms with Gasteiger partial charge in [-0.2, -0.15) is 5.10 Å². The Labute approximate surface area is 160 Å². The maximum Gasteiger partial charge on any atom is 0.311 e. The number of nitro groups is 1. The van der Waals surface area contributed by atoms with E-state index in [1.54, 1.807) is 24.3 Å². The number of carbonyl (C=O) groups excluding carboxylic acids is 2. The van der Waals surface area contributed by atoms with Crippen molar-refractivity contribution in [1.82, 2.24) is 5.43 Å². The van der Waals surface area contributed by atoms with Crippen LogP contribution in [-0.4, -0.2) is 34.7 Å². The molecule has 0 atom stereocenters. The van der Waals surface area contributed by atoms with E-state index in [1.165, 1.54) is 6.07 Å². The fourth-order valence-corrected chi connectivity index (χ4v) is 2.14. The van der Waals surface area contributed by atoms with Gasteiger partial charge in [0.15, 0.2) is 5.75 Å². The summed E-state index contributed by atoms with van der Waals surface area (Å²) in [5, 5.41) is 26.3. The third kappa shape index (κ3) is 6.09. The van der Waals surface area contributed by atoms with Crippen LogP contribution >= 0.6 is 0 Å². The van der Waals surface area contributed by atoms with E-state index >= 15 is 0 Å². The molecule has 0 aromatic heterocycles. The van der Waals surface area contributed by atoms with Crippen molar-refractivity contribution in [1.29, 1.82) is 0 Å². The number of hydrazone groups is 1. The third-order valence-electron chi connectivity index (χ3n) is 3.37. The van der Waals surface area contributed by atoms with E-state index in [-0.39, 0.29) is 0 Å². The number of phenols is 1. The van der Waals surface area contributed by atoms with Crippen molar-refractivity contribution in [3.05, 3.63) is 58.1 Å². The Kier molecular flexibility index (Phi) is 7.03. The molecule has 0 unspecified atom stereocenters. The number of nitrogens with zero attached hydrogens (tertiary/aromatic N) is 2. The van der Waals surface area contributed by atoms with Crippen LogP contribution in [0.5, 0.6) is 11.5 Å². The van der Waals surface area contributed by atoms with Gasteiger partial charge in [0, 0.05) is 17.3 Å². The van der Waals surface area contributed by atoms with Crippen molar-refractivity contribution in [2.24, 2.45) is 5.10 Å². The highest BCUT2D eigenvalue weighted by Gasteiger charge is 2.13. The van der Waals surface area contributed by atoms with E-state index < -0.39 is 34.6 Å². The van der Waals surface area contributed by atoms with Gasteiger partial charge >= 0.3 is 5.69 Å². The molecule has 10 heteroatoms.